The van der Waals surface area contributed by atoms with E-state index in [-0.39, 0.29) is 5.56 Å². The Labute approximate surface area is 114 Å². The molecule has 0 amide bonds. The van der Waals surface area contributed by atoms with Crippen molar-refractivity contribution in [3.8, 4) is 0 Å². The molecule has 1 heterocycles. The lowest BCUT2D eigenvalue weighted by atomic mass is 10.1. The molecule has 0 fully saturated rings. The van der Waals surface area contributed by atoms with Crippen LogP contribution in [-0.4, -0.2) is 15.6 Å². The minimum absolute atomic E-state index is 0.0311. The van der Waals surface area contributed by atoms with Gasteiger partial charge < -0.3 is 9.67 Å². The van der Waals surface area contributed by atoms with Gasteiger partial charge in [0.2, 0.25) is 0 Å². The largest absolute Gasteiger partial charge is 0.478 e. The molecule has 100 valence electrons. The van der Waals surface area contributed by atoms with Crippen LogP contribution >= 0.6 is 0 Å². The molecule has 20 heavy (non-hydrogen) atoms. The van der Waals surface area contributed by atoms with Crippen LogP contribution in [0.2, 0.25) is 0 Å². The van der Waals surface area contributed by atoms with E-state index >= 15 is 0 Å². The number of nitrogens with zero attached hydrogens (tertiary/aromatic N) is 1. The van der Waals surface area contributed by atoms with Crippen molar-refractivity contribution in [2.75, 3.05) is 0 Å². The fourth-order valence-corrected chi connectivity index (χ4v) is 2.34. The van der Waals surface area contributed by atoms with E-state index in [1.165, 1.54) is 12.1 Å². The van der Waals surface area contributed by atoms with Crippen LogP contribution in [0.25, 0.3) is 10.9 Å². The Balaban J connectivity index is 2.00. The summed E-state index contributed by atoms with van der Waals surface area (Å²) in [7, 11) is 0. The molecule has 0 saturated carbocycles. The molecule has 0 aliphatic rings. The average Bonchev–Trinajstić information content (AvgIpc) is 2.82. The Morgan fingerprint density at radius 1 is 1.15 bits per heavy atom. The number of aromatic nitrogens is 1. The minimum Gasteiger partial charge on any atom is -0.478 e. The van der Waals surface area contributed by atoms with Crippen LogP contribution < -0.4 is 0 Å². The van der Waals surface area contributed by atoms with Gasteiger partial charge in [-0.1, -0.05) is 18.2 Å². The molecule has 3 aromatic rings. The predicted octanol–water partition coefficient (Wildman–Crippen LogP) is 3.53. The summed E-state index contributed by atoms with van der Waals surface area (Å²) in [4.78, 5) is 10.9. The number of halogens is 1. The lowest BCUT2D eigenvalue weighted by Gasteiger charge is -2.07. The summed E-state index contributed by atoms with van der Waals surface area (Å²) in [6, 6.07) is 13.7. The van der Waals surface area contributed by atoms with Crippen molar-refractivity contribution >= 4 is 16.9 Å². The fraction of sp³-hybridized carbons (Fsp3) is 0.0625. The highest BCUT2D eigenvalue weighted by Gasteiger charge is 2.08. The van der Waals surface area contributed by atoms with E-state index in [1.54, 1.807) is 0 Å². The van der Waals surface area contributed by atoms with Gasteiger partial charge >= 0.3 is 5.97 Å². The lowest BCUT2D eigenvalue weighted by molar-refractivity contribution is 0.0696. The monoisotopic (exact) mass is 269 g/mol. The van der Waals surface area contributed by atoms with Gasteiger partial charge in [-0.2, -0.15) is 0 Å². The van der Waals surface area contributed by atoms with E-state index in [1.807, 2.05) is 41.1 Å². The minimum atomic E-state index is -1.12. The van der Waals surface area contributed by atoms with Crippen LogP contribution in [0.5, 0.6) is 0 Å². The zero-order chi connectivity index (χ0) is 14.1. The van der Waals surface area contributed by atoms with Crippen LogP contribution in [0, 0.1) is 5.82 Å². The van der Waals surface area contributed by atoms with E-state index in [9.17, 15) is 9.18 Å². The topological polar surface area (TPSA) is 42.2 Å². The summed E-state index contributed by atoms with van der Waals surface area (Å²) in [6.45, 7) is 0.436. The third kappa shape index (κ3) is 2.28. The van der Waals surface area contributed by atoms with Crippen LogP contribution in [-0.2, 0) is 6.54 Å². The molecule has 0 radical (unpaired) electrons. The van der Waals surface area contributed by atoms with Gasteiger partial charge in [-0.05, 0) is 41.3 Å². The number of rotatable bonds is 3. The van der Waals surface area contributed by atoms with Crippen LogP contribution in [0.15, 0.2) is 54.7 Å². The van der Waals surface area contributed by atoms with E-state index in [4.69, 9.17) is 5.11 Å². The summed E-state index contributed by atoms with van der Waals surface area (Å²) in [5.41, 5.74) is 1.63. The van der Waals surface area contributed by atoms with Crippen LogP contribution in [0.4, 0.5) is 4.39 Å². The molecular weight excluding hydrogens is 257 g/mol. The first-order valence-corrected chi connectivity index (χ1v) is 6.20. The van der Waals surface area contributed by atoms with E-state index in [2.05, 4.69) is 0 Å². The quantitative estimate of drug-likeness (QED) is 0.790. The molecule has 0 bridgehead atoms. The zero-order valence-electron chi connectivity index (χ0n) is 10.6. The van der Waals surface area contributed by atoms with Gasteiger partial charge in [0.25, 0.3) is 0 Å². The maximum absolute atomic E-state index is 13.5. The third-order valence-electron chi connectivity index (χ3n) is 3.24. The Morgan fingerprint density at radius 2 is 1.95 bits per heavy atom. The first-order valence-electron chi connectivity index (χ1n) is 6.20. The first kappa shape index (κ1) is 12.4. The van der Waals surface area contributed by atoms with Gasteiger partial charge in [-0.25, -0.2) is 9.18 Å². The third-order valence-corrected chi connectivity index (χ3v) is 3.24. The van der Waals surface area contributed by atoms with Crippen molar-refractivity contribution in [3.63, 3.8) is 0 Å². The maximum atomic E-state index is 13.5. The number of aromatic carboxylic acids is 1. The smallest absolute Gasteiger partial charge is 0.335 e. The second-order valence-electron chi connectivity index (χ2n) is 4.66. The Bertz CT molecular complexity index is 792. The van der Waals surface area contributed by atoms with Crippen molar-refractivity contribution in [1.82, 2.24) is 4.57 Å². The number of hydrogen-bond donors (Lipinski definition) is 1. The highest BCUT2D eigenvalue weighted by atomic mass is 19.1. The van der Waals surface area contributed by atoms with Gasteiger partial charge in [-0.15, -0.1) is 0 Å². The Morgan fingerprint density at radius 3 is 2.75 bits per heavy atom. The van der Waals surface area contributed by atoms with Crippen LogP contribution in [0.1, 0.15) is 15.9 Å². The molecule has 0 atom stereocenters. The number of para-hydroxylation sites is 1. The average molecular weight is 269 g/mol. The number of carboxylic acid groups (broad SMARTS) is 1. The number of benzene rings is 2. The standard InChI is InChI=1S/C16H12FNO2/c17-14-8-11(7-13(9-14)16(19)20)10-18-6-5-12-3-1-2-4-15(12)18/h1-9H,10H2,(H,19,20). The molecule has 0 unspecified atom stereocenters. The number of carboxylic acids is 1. The molecule has 0 spiro atoms. The number of fused-ring (bicyclic) bond motifs is 1. The van der Waals surface area contributed by atoms with Crippen molar-refractivity contribution in [2.45, 2.75) is 6.54 Å². The van der Waals surface area contributed by atoms with Crippen molar-refractivity contribution in [3.05, 3.63) is 71.7 Å². The molecule has 3 rings (SSSR count). The van der Waals surface area contributed by atoms with Gasteiger partial charge in [0.15, 0.2) is 0 Å². The van der Waals surface area contributed by atoms with Crippen LogP contribution in [0.3, 0.4) is 0 Å². The molecule has 1 aromatic heterocycles. The maximum Gasteiger partial charge on any atom is 0.335 e. The molecule has 0 aliphatic heterocycles. The van der Waals surface area contributed by atoms with Gasteiger partial charge in [0.05, 0.1) is 5.56 Å². The van der Waals surface area contributed by atoms with E-state index in [0.29, 0.717) is 12.1 Å². The van der Waals surface area contributed by atoms with E-state index < -0.39 is 11.8 Å². The molecule has 0 saturated heterocycles. The highest BCUT2D eigenvalue weighted by molar-refractivity contribution is 5.87. The molecule has 0 aliphatic carbocycles. The van der Waals surface area contributed by atoms with Crippen molar-refractivity contribution in [2.24, 2.45) is 0 Å². The summed E-state index contributed by atoms with van der Waals surface area (Å²) in [5, 5.41) is 10.1. The fourth-order valence-electron chi connectivity index (χ4n) is 2.34. The number of carbonyl (C=O) groups is 1. The highest BCUT2D eigenvalue weighted by Crippen LogP contribution is 2.18. The van der Waals surface area contributed by atoms with Gasteiger partial charge in [0, 0.05) is 18.3 Å². The number of hydrogen-bond acceptors (Lipinski definition) is 1. The first-order chi connectivity index (χ1) is 9.63. The normalized spacial score (nSPS) is 10.8. The summed E-state index contributed by atoms with van der Waals surface area (Å²) in [5.74, 6) is -1.65. The lowest BCUT2D eigenvalue weighted by Crippen LogP contribution is -2.03. The Hall–Kier alpha value is -2.62. The SMILES string of the molecule is O=C(O)c1cc(F)cc(Cn2ccc3ccccc32)c1. The summed E-state index contributed by atoms with van der Waals surface area (Å²) >= 11 is 0. The molecule has 1 N–H and O–H groups in total. The molecular formula is C16H12FNO2. The van der Waals surface area contributed by atoms with E-state index in [0.717, 1.165) is 17.0 Å². The molecule has 3 nitrogen and oxygen atoms in total. The van der Waals surface area contributed by atoms with Gasteiger partial charge in [0.1, 0.15) is 5.82 Å². The van der Waals surface area contributed by atoms with Crippen molar-refractivity contribution < 1.29 is 14.3 Å². The molecule has 4 heteroatoms. The second kappa shape index (κ2) is 4.81. The summed E-state index contributed by atoms with van der Waals surface area (Å²) < 4.78 is 15.4. The predicted molar refractivity (Wildman–Crippen MR) is 74.4 cm³/mol. The van der Waals surface area contributed by atoms with Gasteiger partial charge in [-0.3, -0.25) is 0 Å². The summed E-state index contributed by atoms with van der Waals surface area (Å²) in [6.07, 6.45) is 1.91. The second-order valence-corrected chi connectivity index (χ2v) is 4.66. The zero-order valence-corrected chi connectivity index (χ0v) is 10.6. The Kier molecular flexibility index (Phi) is 2.99. The van der Waals surface area contributed by atoms with Crippen molar-refractivity contribution in [1.29, 1.82) is 0 Å². The molecule has 2 aromatic carbocycles.